The van der Waals surface area contributed by atoms with E-state index >= 15 is 0 Å². The van der Waals surface area contributed by atoms with Crippen molar-refractivity contribution >= 4 is 33.8 Å². The largest absolute Gasteiger partial charge is 0.354 e. The summed E-state index contributed by atoms with van der Waals surface area (Å²) < 4.78 is 0. The lowest BCUT2D eigenvalue weighted by Gasteiger charge is -2.33. The third-order valence-electron chi connectivity index (χ3n) is 8.42. The van der Waals surface area contributed by atoms with Crippen LogP contribution in [0.3, 0.4) is 0 Å². The van der Waals surface area contributed by atoms with Crippen LogP contribution in [0.15, 0.2) is 36.7 Å². The number of H-pyrrole nitrogens is 2. The van der Waals surface area contributed by atoms with Gasteiger partial charge in [0.2, 0.25) is 11.8 Å². The van der Waals surface area contributed by atoms with Crippen LogP contribution in [-0.4, -0.2) is 80.5 Å². The predicted molar refractivity (Wildman–Crippen MR) is 152 cm³/mol. The number of fused-ring (bicyclic) bond motifs is 2. The lowest BCUT2D eigenvalue weighted by atomic mass is 9.87. The number of amides is 2. The molecule has 3 aromatic heterocycles. The van der Waals surface area contributed by atoms with Gasteiger partial charge >= 0.3 is 0 Å². The van der Waals surface area contributed by atoms with Crippen molar-refractivity contribution in [3.63, 3.8) is 0 Å². The Labute approximate surface area is 228 Å². The molecule has 0 aliphatic carbocycles. The number of carbonyl (C=O) groups excluding carboxylic acids is 2. The molecular formula is C30H37N7O2. The SMILES string of the molecule is CC(=O)N[C@H]1CCN(CC(=O)N2CCC(c3ccc4[nH]c(-c5ccnc6[nH]ncc56)c(C(C)C)c4c3)CC2)C1. The van der Waals surface area contributed by atoms with Gasteiger partial charge in [-0.1, -0.05) is 19.9 Å². The molecule has 39 heavy (non-hydrogen) atoms. The van der Waals surface area contributed by atoms with Crippen molar-refractivity contribution in [2.75, 3.05) is 32.7 Å². The maximum absolute atomic E-state index is 13.0. The summed E-state index contributed by atoms with van der Waals surface area (Å²) in [6, 6.07) is 9.05. The molecule has 0 spiro atoms. The molecule has 0 saturated carbocycles. The van der Waals surface area contributed by atoms with E-state index in [1.807, 2.05) is 17.3 Å². The van der Waals surface area contributed by atoms with E-state index in [1.54, 1.807) is 6.92 Å². The van der Waals surface area contributed by atoms with Gasteiger partial charge in [0.1, 0.15) is 0 Å². The number of hydrogen-bond donors (Lipinski definition) is 3. The van der Waals surface area contributed by atoms with Crippen molar-refractivity contribution in [3.05, 3.63) is 47.8 Å². The summed E-state index contributed by atoms with van der Waals surface area (Å²) in [6.45, 7) is 9.67. The Kier molecular flexibility index (Phi) is 6.85. The van der Waals surface area contributed by atoms with Gasteiger partial charge in [0, 0.05) is 67.2 Å². The number of benzene rings is 1. The average Bonchev–Trinajstić information content (AvgIpc) is 3.66. The highest BCUT2D eigenvalue weighted by Crippen LogP contribution is 2.39. The van der Waals surface area contributed by atoms with Gasteiger partial charge in [0.05, 0.1) is 18.4 Å². The second-order valence-corrected chi connectivity index (χ2v) is 11.4. The zero-order valence-corrected chi connectivity index (χ0v) is 23.0. The van der Waals surface area contributed by atoms with Crippen molar-refractivity contribution in [1.82, 2.24) is 35.3 Å². The third-order valence-corrected chi connectivity index (χ3v) is 8.42. The van der Waals surface area contributed by atoms with Crippen LogP contribution in [0.4, 0.5) is 0 Å². The molecule has 1 atom stereocenters. The highest BCUT2D eigenvalue weighted by atomic mass is 16.2. The molecule has 9 heteroatoms. The molecule has 2 amide bonds. The summed E-state index contributed by atoms with van der Waals surface area (Å²) in [7, 11) is 0. The van der Waals surface area contributed by atoms with Crippen molar-refractivity contribution in [1.29, 1.82) is 0 Å². The lowest BCUT2D eigenvalue weighted by molar-refractivity contribution is -0.133. The van der Waals surface area contributed by atoms with Gasteiger partial charge < -0.3 is 15.2 Å². The monoisotopic (exact) mass is 527 g/mol. The molecule has 4 aromatic rings. The van der Waals surface area contributed by atoms with Gasteiger partial charge in [-0.05, 0) is 60.4 Å². The minimum absolute atomic E-state index is 0.00237. The van der Waals surface area contributed by atoms with Crippen molar-refractivity contribution in [2.24, 2.45) is 0 Å². The van der Waals surface area contributed by atoms with Crippen LogP contribution in [0.5, 0.6) is 0 Å². The van der Waals surface area contributed by atoms with E-state index in [1.165, 1.54) is 16.5 Å². The summed E-state index contributed by atoms with van der Waals surface area (Å²) in [4.78, 5) is 36.6. The van der Waals surface area contributed by atoms with Gasteiger partial charge in [-0.15, -0.1) is 0 Å². The van der Waals surface area contributed by atoms with Crippen LogP contribution in [0, 0.1) is 0 Å². The quantitative estimate of drug-likeness (QED) is 0.349. The minimum atomic E-state index is -0.00237. The van der Waals surface area contributed by atoms with Crippen LogP contribution < -0.4 is 5.32 Å². The highest BCUT2D eigenvalue weighted by Gasteiger charge is 2.29. The van der Waals surface area contributed by atoms with E-state index in [2.05, 4.69) is 68.5 Å². The van der Waals surface area contributed by atoms with E-state index in [-0.39, 0.29) is 17.9 Å². The van der Waals surface area contributed by atoms with E-state index in [4.69, 9.17) is 0 Å². The molecule has 2 aliphatic heterocycles. The van der Waals surface area contributed by atoms with E-state index < -0.39 is 0 Å². The van der Waals surface area contributed by atoms with Crippen LogP contribution in [0.25, 0.3) is 33.2 Å². The molecule has 204 valence electrons. The summed E-state index contributed by atoms with van der Waals surface area (Å²) >= 11 is 0. The van der Waals surface area contributed by atoms with Crippen molar-refractivity contribution in [2.45, 2.75) is 57.9 Å². The lowest BCUT2D eigenvalue weighted by Crippen LogP contribution is -2.44. The van der Waals surface area contributed by atoms with E-state index in [0.29, 0.717) is 18.4 Å². The molecule has 2 fully saturated rings. The molecule has 0 unspecified atom stereocenters. The Bertz CT molecular complexity index is 1510. The molecule has 2 aliphatic rings. The van der Waals surface area contributed by atoms with Crippen molar-refractivity contribution < 1.29 is 9.59 Å². The first kappa shape index (κ1) is 25.6. The first-order valence-electron chi connectivity index (χ1n) is 14.1. The molecule has 0 bridgehead atoms. The molecule has 6 rings (SSSR count). The Balaban J connectivity index is 1.16. The number of carbonyl (C=O) groups is 2. The Hall–Kier alpha value is -3.72. The normalized spacial score (nSPS) is 19.0. The highest BCUT2D eigenvalue weighted by molar-refractivity contribution is 5.98. The van der Waals surface area contributed by atoms with Gasteiger partial charge in [-0.25, -0.2) is 4.98 Å². The first-order valence-corrected chi connectivity index (χ1v) is 14.1. The van der Waals surface area contributed by atoms with Gasteiger partial charge in [0.15, 0.2) is 5.65 Å². The zero-order chi connectivity index (χ0) is 27.1. The number of piperidine rings is 1. The fraction of sp³-hybridized carbons (Fsp3) is 0.467. The number of pyridine rings is 1. The van der Waals surface area contributed by atoms with Crippen LogP contribution in [-0.2, 0) is 9.59 Å². The first-order chi connectivity index (χ1) is 18.9. The minimum Gasteiger partial charge on any atom is -0.354 e. The maximum atomic E-state index is 13.0. The Morgan fingerprint density at radius 1 is 1.10 bits per heavy atom. The number of likely N-dealkylation sites (tertiary alicyclic amines) is 2. The predicted octanol–water partition coefficient (Wildman–Crippen LogP) is 4.15. The zero-order valence-electron chi connectivity index (χ0n) is 23.0. The maximum Gasteiger partial charge on any atom is 0.236 e. The van der Waals surface area contributed by atoms with Crippen molar-refractivity contribution in [3.8, 4) is 11.3 Å². The fourth-order valence-corrected chi connectivity index (χ4v) is 6.50. The number of hydrogen-bond acceptors (Lipinski definition) is 5. The molecule has 1 aromatic carbocycles. The number of nitrogens with one attached hydrogen (secondary N) is 3. The van der Waals surface area contributed by atoms with Crippen LogP contribution >= 0.6 is 0 Å². The second kappa shape index (κ2) is 10.4. The standard InChI is InChI=1S/C30H37N7O2/c1-18(2)28-24-14-21(4-5-26(24)34-29(28)23-6-10-31-30-25(23)15-32-35-30)20-7-12-37(13-8-20)27(39)17-36-11-9-22(16-36)33-19(3)38/h4-6,10,14-15,18,20,22,34H,7-9,11-13,16-17H2,1-3H3,(H,33,38)(H,31,32,35)/t22-/m0/s1. The van der Waals surface area contributed by atoms with Gasteiger partial charge in [-0.2, -0.15) is 5.10 Å². The molecule has 2 saturated heterocycles. The van der Waals surface area contributed by atoms with Crippen LogP contribution in [0.1, 0.15) is 63.0 Å². The smallest absolute Gasteiger partial charge is 0.236 e. The van der Waals surface area contributed by atoms with Gasteiger partial charge in [0.25, 0.3) is 0 Å². The number of rotatable bonds is 6. The number of aromatic nitrogens is 4. The molecule has 0 radical (unpaired) electrons. The summed E-state index contributed by atoms with van der Waals surface area (Å²) in [6.07, 6.45) is 6.53. The molecule has 9 nitrogen and oxygen atoms in total. The summed E-state index contributed by atoms with van der Waals surface area (Å²) in [5.74, 6) is 0.980. The molecule has 3 N–H and O–H groups in total. The van der Waals surface area contributed by atoms with Gasteiger partial charge in [-0.3, -0.25) is 19.6 Å². The van der Waals surface area contributed by atoms with E-state index in [0.717, 1.165) is 73.2 Å². The van der Waals surface area contributed by atoms with Crippen LogP contribution in [0.2, 0.25) is 0 Å². The molecular weight excluding hydrogens is 490 g/mol. The number of nitrogens with zero attached hydrogens (tertiary/aromatic N) is 4. The topological polar surface area (TPSA) is 110 Å². The Morgan fingerprint density at radius 2 is 1.92 bits per heavy atom. The fourth-order valence-electron chi connectivity index (χ4n) is 6.50. The van der Waals surface area contributed by atoms with E-state index in [9.17, 15) is 9.59 Å². The number of aromatic amines is 2. The summed E-state index contributed by atoms with van der Waals surface area (Å²) in [5.41, 5.74) is 6.85. The third kappa shape index (κ3) is 5.03. The Morgan fingerprint density at radius 3 is 2.69 bits per heavy atom. The second-order valence-electron chi connectivity index (χ2n) is 11.4. The summed E-state index contributed by atoms with van der Waals surface area (Å²) in [5, 5.41) is 12.4. The molecule has 5 heterocycles. The average molecular weight is 528 g/mol.